The number of nitriles is 1. The zero-order chi connectivity index (χ0) is 18.5. The fourth-order valence-corrected chi connectivity index (χ4v) is 3.08. The average molecular weight is 371 g/mol. The van der Waals surface area contributed by atoms with E-state index in [2.05, 4.69) is 6.07 Å². The molecule has 5 nitrogen and oxygen atoms in total. The Morgan fingerprint density at radius 2 is 2.12 bits per heavy atom. The van der Waals surface area contributed by atoms with Gasteiger partial charge in [0.2, 0.25) is 0 Å². The van der Waals surface area contributed by atoms with E-state index in [1.54, 1.807) is 42.2 Å². The number of amides is 1. The van der Waals surface area contributed by atoms with E-state index in [1.807, 2.05) is 18.2 Å². The summed E-state index contributed by atoms with van der Waals surface area (Å²) in [6.07, 6.45) is 0.0177. The van der Waals surface area contributed by atoms with Crippen LogP contribution in [0, 0.1) is 11.3 Å². The SMILES string of the molecule is C[C@H](Oc1cccc(C#N)c1)C(=O)N1CC[C@@H](Oc2ccccc2Cl)C1. The molecular weight excluding hydrogens is 352 g/mol. The first kappa shape index (κ1) is 18.1. The van der Waals surface area contributed by atoms with Crippen molar-refractivity contribution >= 4 is 17.5 Å². The molecule has 0 radical (unpaired) electrons. The molecule has 2 atom stereocenters. The van der Waals surface area contributed by atoms with Crippen LogP contribution < -0.4 is 9.47 Å². The maximum Gasteiger partial charge on any atom is 0.263 e. The first-order valence-electron chi connectivity index (χ1n) is 8.43. The second-order valence-electron chi connectivity index (χ2n) is 6.14. The Morgan fingerprint density at radius 1 is 1.31 bits per heavy atom. The molecule has 0 N–H and O–H groups in total. The summed E-state index contributed by atoms with van der Waals surface area (Å²) in [6, 6.07) is 16.1. The van der Waals surface area contributed by atoms with Gasteiger partial charge in [-0.3, -0.25) is 4.79 Å². The molecule has 1 heterocycles. The topological polar surface area (TPSA) is 62.6 Å². The van der Waals surface area contributed by atoms with Gasteiger partial charge in [-0.15, -0.1) is 0 Å². The summed E-state index contributed by atoms with van der Waals surface area (Å²) in [7, 11) is 0. The van der Waals surface area contributed by atoms with Crippen LogP contribution in [-0.4, -0.2) is 36.1 Å². The fraction of sp³-hybridized carbons (Fsp3) is 0.300. The van der Waals surface area contributed by atoms with Crippen LogP contribution in [0.25, 0.3) is 0 Å². The highest BCUT2D eigenvalue weighted by molar-refractivity contribution is 6.32. The molecule has 134 valence electrons. The molecule has 1 aliphatic rings. The molecule has 26 heavy (non-hydrogen) atoms. The number of para-hydroxylation sites is 1. The lowest BCUT2D eigenvalue weighted by Gasteiger charge is -2.22. The Morgan fingerprint density at radius 3 is 2.88 bits per heavy atom. The van der Waals surface area contributed by atoms with Crippen LogP contribution in [0.15, 0.2) is 48.5 Å². The summed E-state index contributed by atoms with van der Waals surface area (Å²) in [5.74, 6) is 1.04. The molecule has 1 aliphatic heterocycles. The van der Waals surface area contributed by atoms with Gasteiger partial charge in [-0.2, -0.15) is 5.26 Å². The third-order valence-electron chi connectivity index (χ3n) is 4.21. The molecule has 2 aromatic carbocycles. The number of hydrogen-bond donors (Lipinski definition) is 0. The van der Waals surface area contributed by atoms with Crippen LogP contribution in [0.3, 0.4) is 0 Å². The van der Waals surface area contributed by atoms with Gasteiger partial charge in [-0.1, -0.05) is 29.8 Å². The van der Waals surface area contributed by atoms with E-state index in [0.29, 0.717) is 35.2 Å². The van der Waals surface area contributed by atoms with Crippen LogP contribution in [0.5, 0.6) is 11.5 Å². The normalized spacial score (nSPS) is 17.4. The van der Waals surface area contributed by atoms with Crippen LogP contribution in [0.2, 0.25) is 5.02 Å². The summed E-state index contributed by atoms with van der Waals surface area (Å²) in [4.78, 5) is 14.4. The van der Waals surface area contributed by atoms with E-state index in [-0.39, 0.29) is 12.0 Å². The number of benzene rings is 2. The molecule has 3 rings (SSSR count). The summed E-state index contributed by atoms with van der Waals surface area (Å²) >= 11 is 6.12. The van der Waals surface area contributed by atoms with Gasteiger partial charge in [-0.05, 0) is 37.3 Å². The lowest BCUT2D eigenvalue weighted by atomic mass is 10.2. The molecule has 1 saturated heterocycles. The molecule has 1 amide bonds. The van der Waals surface area contributed by atoms with E-state index < -0.39 is 6.10 Å². The minimum Gasteiger partial charge on any atom is -0.487 e. The van der Waals surface area contributed by atoms with Crippen LogP contribution in [0.4, 0.5) is 0 Å². The maximum atomic E-state index is 12.6. The second-order valence-corrected chi connectivity index (χ2v) is 6.55. The molecule has 0 spiro atoms. The number of likely N-dealkylation sites (tertiary alicyclic amines) is 1. The lowest BCUT2D eigenvalue weighted by Crippen LogP contribution is -2.40. The second kappa shape index (κ2) is 8.11. The van der Waals surface area contributed by atoms with Crippen molar-refractivity contribution in [2.75, 3.05) is 13.1 Å². The summed E-state index contributed by atoms with van der Waals surface area (Å²) in [5, 5.41) is 9.51. The van der Waals surface area contributed by atoms with Gasteiger partial charge in [-0.25, -0.2) is 0 Å². The molecule has 0 bridgehead atoms. The summed E-state index contributed by atoms with van der Waals surface area (Å²) in [5.41, 5.74) is 0.497. The standard InChI is InChI=1S/C20H19ClN2O3/c1-14(25-16-6-4-5-15(11-16)12-22)20(24)23-10-9-17(13-23)26-19-8-3-2-7-18(19)21/h2-8,11,14,17H,9-10,13H2,1H3/t14-,17+/m0/s1. The smallest absolute Gasteiger partial charge is 0.263 e. The molecular formula is C20H19ClN2O3. The minimum atomic E-state index is -0.636. The third-order valence-corrected chi connectivity index (χ3v) is 4.52. The van der Waals surface area contributed by atoms with Gasteiger partial charge in [0.25, 0.3) is 5.91 Å². The van der Waals surface area contributed by atoms with Crippen molar-refractivity contribution in [1.82, 2.24) is 4.90 Å². The zero-order valence-electron chi connectivity index (χ0n) is 14.4. The van der Waals surface area contributed by atoms with E-state index >= 15 is 0 Å². The molecule has 0 saturated carbocycles. The van der Waals surface area contributed by atoms with E-state index in [0.717, 1.165) is 6.42 Å². The van der Waals surface area contributed by atoms with Crippen molar-refractivity contribution in [3.05, 3.63) is 59.1 Å². The largest absolute Gasteiger partial charge is 0.487 e. The first-order chi connectivity index (χ1) is 12.6. The van der Waals surface area contributed by atoms with Crippen LogP contribution in [0.1, 0.15) is 18.9 Å². The van der Waals surface area contributed by atoms with E-state index in [1.165, 1.54) is 0 Å². The van der Waals surface area contributed by atoms with Gasteiger partial charge in [0, 0.05) is 13.0 Å². The van der Waals surface area contributed by atoms with Gasteiger partial charge in [0.05, 0.1) is 23.2 Å². The number of carbonyl (C=O) groups excluding carboxylic acids is 1. The fourth-order valence-electron chi connectivity index (χ4n) is 2.90. The van der Waals surface area contributed by atoms with Crippen molar-refractivity contribution in [3.8, 4) is 17.6 Å². The third kappa shape index (κ3) is 4.27. The summed E-state index contributed by atoms with van der Waals surface area (Å²) in [6.45, 7) is 2.82. The van der Waals surface area contributed by atoms with Gasteiger partial charge in [0.15, 0.2) is 6.10 Å². The monoisotopic (exact) mass is 370 g/mol. The molecule has 1 fully saturated rings. The van der Waals surface area contributed by atoms with Gasteiger partial charge >= 0.3 is 0 Å². The van der Waals surface area contributed by atoms with E-state index in [9.17, 15) is 4.79 Å². The number of ether oxygens (including phenoxy) is 2. The molecule has 6 heteroatoms. The number of carbonyl (C=O) groups is 1. The van der Waals surface area contributed by atoms with Crippen molar-refractivity contribution in [1.29, 1.82) is 5.26 Å². The number of rotatable bonds is 5. The quantitative estimate of drug-likeness (QED) is 0.805. The van der Waals surface area contributed by atoms with Crippen LogP contribution in [-0.2, 0) is 4.79 Å². The van der Waals surface area contributed by atoms with Crippen molar-refractivity contribution in [3.63, 3.8) is 0 Å². The van der Waals surface area contributed by atoms with Gasteiger partial charge < -0.3 is 14.4 Å². The number of nitrogens with zero attached hydrogens (tertiary/aromatic N) is 2. The van der Waals surface area contributed by atoms with Crippen molar-refractivity contribution in [2.45, 2.75) is 25.6 Å². The predicted molar refractivity (Wildman–Crippen MR) is 98.3 cm³/mol. The van der Waals surface area contributed by atoms with Crippen molar-refractivity contribution < 1.29 is 14.3 Å². The highest BCUT2D eigenvalue weighted by Crippen LogP contribution is 2.27. The summed E-state index contributed by atoms with van der Waals surface area (Å²) < 4.78 is 11.6. The highest BCUT2D eigenvalue weighted by atomic mass is 35.5. The number of hydrogen-bond acceptors (Lipinski definition) is 4. The molecule has 0 aromatic heterocycles. The Hall–Kier alpha value is -2.71. The first-order valence-corrected chi connectivity index (χ1v) is 8.81. The Labute approximate surface area is 157 Å². The van der Waals surface area contributed by atoms with Crippen molar-refractivity contribution in [2.24, 2.45) is 0 Å². The highest BCUT2D eigenvalue weighted by Gasteiger charge is 2.31. The molecule has 0 aliphatic carbocycles. The van der Waals surface area contributed by atoms with Gasteiger partial charge in [0.1, 0.15) is 17.6 Å². The zero-order valence-corrected chi connectivity index (χ0v) is 15.1. The molecule has 0 unspecified atom stereocenters. The Bertz CT molecular complexity index is 834. The predicted octanol–water partition coefficient (Wildman–Crippen LogP) is 3.66. The number of halogens is 1. The maximum absolute atomic E-state index is 12.6. The minimum absolute atomic E-state index is 0.0898. The Kier molecular flexibility index (Phi) is 5.65. The van der Waals surface area contributed by atoms with E-state index in [4.69, 9.17) is 26.3 Å². The van der Waals surface area contributed by atoms with Crippen LogP contribution >= 0.6 is 11.6 Å². The Balaban J connectivity index is 1.57. The lowest BCUT2D eigenvalue weighted by molar-refractivity contribution is -0.137. The average Bonchev–Trinajstić information content (AvgIpc) is 3.11. The molecule has 2 aromatic rings.